The number of pyridine rings is 1. The normalized spacial score (nSPS) is 20.7. The fourth-order valence-corrected chi connectivity index (χ4v) is 6.29. The largest absolute Gasteiger partial charge is 0.502 e. The van der Waals surface area contributed by atoms with Gasteiger partial charge in [-0.1, -0.05) is 24.8 Å². The number of rotatable bonds is 2. The molecule has 3 aromatic rings. The van der Waals surface area contributed by atoms with Crippen LogP contribution >= 0.6 is 11.8 Å². The predicted molar refractivity (Wildman–Crippen MR) is 130 cm³/mol. The van der Waals surface area contributed by atoms with E-state index >= 15 is 0 Å². The van der Waals surface area contributed by atoms with Crippen molar-refractivity contribution in [2.75, 3.05) is 24.8 Å². The van der Waals surface area contributed by atoms with Crippen LogP contribution in [0.4, 0.5) is 8.78 Å². The van der Waals surface area contributed by atoms with Crippen LogP contribution < -0.4 is 10.4 Å². The number of carbonyl (C=O) groups is 1. The molecule has 184 valence electrons. The van der Waals surface area contributed by atoms with E-state index in [0.29, 0.717) is 29.2 Å². The molecule has 3 aliphatic rings. The van der Waals surface area contributed by atoms with Crippen molar-refractivity contribution < 1.29 is 23.4 Å². The number of amides is 1. The molecule has 1 fully saturated rings. The maximum Gasteiger partial charge on any atom is 0.278 e. The zero-order valence-corrected chi connectivity index (χ0v) is 19.8. The summed E-state index contributed by atoms with van der Waals surface area (Å²) in [6, 6.07) is 11.2. The molecule has 0 bridgehead atoms. The number of fused-ring (bicyclic) bond motifs is 4. The van der Waals surface area contributed by atoms with Crippen LogP contribution in [0.5, 0.6) is 5.75 Å². The second-order valence-electron chi connectivity index (χ2n) is 8.84. The first-order chi connectivity index (χ1) is 17.4. The molecule has 1 amide bonds. The van der Waals surface area contributed by atoms with Crippen LogP contribution in [-0.4, -0.2) is 46.5 Å². The van der Waals surface area contributed by atoms with Crippen molar-refractivity contribution in [2.45, 2.75) is 22.7 Å². The Bertz CT molecular complexity index is 1490. The van der Waals surface area contributed by atoms with Gasteiger partial charge in [-0.25, -0.2) is 13.5 Å². The average molecular weight is 510 g/mol. The summed E-state index contributed by atoms with van der Waals surface area (Å²) in [5, 5.41) is 12.3. The molecule has 3 aliphatic heterocycles. The molecule has 6 rings (SSSR count). The smallest absolute Gasteiger partial charge is 0.278 e. The molecule has 0 aliphatic carbocycles. The van der Waals surface area contributed by atoms with E-state index in [1.54, 1.807) is 5.01 Å². The maximum atomic E-state index is 14.6. The summed E-state index contributed by atoms with van der Waals surface area (Å²) in [6.45, 7) is 5.10. The second kappa shape index (κ2) is 8.49. The third-order valence-electron chi connectivity index (χ3n) is 6.87. The highest BCUT2D eigenvalue weighted by molar-refractivity contribution is 7.98. The molecule has 1 N–H and O–H groups in total. The number of hydrogen-bond donors (Lipinski definition) is 1. The summed E-state index contributed by atoms with van der Waals surface area (Å²) in [7, 11) is 0. The molecule has 1 saturated heterocycles. The summed E-state index contributed by atoms with van der Waals surface area (Å²) in [5.41, 5.74) is 1.64. The lowest BCUT2D eigenvalue weighted by Crippen LogP contribution is -2.65. The lowest BCUT2D eigenvalue weighted by atomic mass is 9.85. The molecule has 2 atom stereocenters. The number of hydrogen-bond acceptors (Lipinski definition) is 6. The van der Waals surface area contributed by atoms with E-state index in [-0.39, 0.29) is 18.8 Å². The molecule has 1 aromatic heterocycles. The molecule has 4 heterocycles. The molecule has 0 spiro atoms. The zero-order chi connectivity index (χ0) is 25.1. The van der Waals surface area contributed by atoms with Gasteiger partial charge in [-0.2, -0.15) is 0 Å². The van der Waals surface area contributed by atoms with Gasteiger partial charge in [-0.3, -0.25) is 14.6 Å². The molecule has 0 saturated carbocycles. The van der Waals surface area contributed by atoms with Crippen LogP contribution in [0.25, 0.3) is 0 Å². The topological polar surface area (TPSA) is 75.0 Å². The van der Waals surface area contributed by atoms with Crippen molar-refractivity contribution in [3.63, 3.8) is 0 Å². The van der Waals surface area contributed by atoms with Crippen molar-refractivity contribution in [2.24, 2.45) is 0 Å². The first-order valence-electron chi connectivity index (χ1n) is 11.4. The first-order valence-corrected chi connectivity index (χ1v) is 12.4. The Labute approximate surface area is 209 Å². The highest BCUT2D eigenvalue weighted by Gasteiger charge is 2.44. The Balaban J connectivity index is 1.59. The van der Waals surface area contributed by atoms with Crippen LogP contribution in [-0.2, 0) is 10.5 Å². The highest BCUT2D eigenvalue weighted by atomic mass is 32.2. The molecule has 36 heavy (non-hydrogen) atoms. The third-order valence-corrected chi connectivity index (χ3v) is 8.01. The van der Waals surface area contributed by atoms with Crippen molar-refractivity contribution in [3.05, 3.63) is 105 Å². The number of nitrogens with zero attached hydrogens (tertiary/aromatic N) is 3. The second-order valence-corrected chi connectivity index (χ2v) is 9.85. The number of morpholine rings is 1. The van der Waals surface area contributed by atoms with Gasteiger partial charge in [0.25, 0.3) is 5.91 Å². The van der Waals surface area contributed by atoms with Crippen LogP contribution in [0.1, 0.15) is 33.1 Å². The van der Waals surface area contributed by atoms with Crippen LogP contribution in [0.15, 0.2) is 70.6 Å². The maximum absolute atomic E-state index is 14.6. The van der Waals surface area contributed by atoms with Crippen molar-refractivity contribution in [1.29, 1.82) is 0 Å². The fourth-order valence-electron chi connectivity index (χ4n) is 5.20. The Morgan fingerprint density at radius 2 is 1.89 bits per heavy atom. The van der Waals surface area contributed by atoms with E-state index in [1.807, 2.05) is 24.3 Å². The van der Waals surface area contributed by atoms with Crippen molar-refractivity contribution in [3.8, 4) is 5.75 Å². The number of ether oxygens (including phenoxy) is 1. The monoisotopic (exact) mass is 509 g/mol. The lowest BCUT2D eigenvalue weighted by molar-refractivity contribution is -0.0145. The Morgan fingerprint density at radius 3 is 2.72 bits per heavy atom. The molecule has 10 heteroatoms. The lowest BCUT2D eigenvalue weighted by Gasteiger charge is -2.49. The number of carbonyl (C=O) groups excluding carboxylic acids is 1. The van der Waals surface area contributed by atoms with E-state index in [0.717, 1.165) is 10.5 Å². The average Bonchev–Trinajstić information content (AvgIpc) is 3.03. The van der Waals surface area contributed by atoms with Gasteiger partial charge in [0, 0.05) is 35.2 Å². The van der Waals surface area contributed by atoms with Gasteiger partial charge in [0.15, 0.2) is 23.1 Å². The number of aromatic hydroxyl groups is 1. The fraction of sp³-hybridized carbons (Fsp3) is 0.231. The van der Waals surface area contributed by atoms with Gasteiger partial charge in [0.2, 0.25) is 5.43 Å². The first kappa shape index (κ1) is 22.8. The summed E-state index contributed by atoms with van der Waals surface area (Å²) >= 11 is 1.52. The van der Waals surface area contributed by atoms with E-state index < -0.39 is 40.8 Å². The Morgan fingerprint density at radius 1 is 1.11 bits per heavy atom. The molecule has 7 nitrogen and oxygen atoms in total. The van der Waals surface area contributed by atoms with Gasteiger partial charge in [-0.05, 0) is 34.9 Å². The van der Waals surface area contributed by atoms with Gasteiger partial charge in [0.05, 0.1) is 19.1 Å². The van der Waals surface area contributed by atoms with Gasteiger partial charge >= 0.3 is 0 Å². The minimum absolute atomic E-state index is 0.158. The molecule has 2 aromatic carbocycles. The summed E-state index contributed by atoms with van der Waals surface area (Å²) in [4.78, 5) is 28.0. The molecular formula is C26H21F2N3O4S. The molecular weight excluding hydrogens is 488 g/mol. The third kappa shape index (κ3) is 3.35. The predicted octanol–water partition coefficient (Wildman–Crippen LogP) is 3.53. The number of halogens is 2. The number of benzene rings is 2. The van der Waals surface area contributed by atoms with Crippen molar-refractivity contribution in [1.82, 2.24) is 9.58 Å². The van der Waals surface area contributed by atoms with E-state index in [2.05, 4.69) is 6.58 Å². The zero-order valence-electron chi connectivity index (χ0n) is 19.0. The number of allylic oxidation sites excluding steroid dienone is 1. The van der Waals surface area contributed by atoms with Crippen LogP contribution in [0.2, 0.25) is 0 Å². The van der Waals surface area contributed by atoms with Crippen LogP contribution in [0, 0.1) is 11.6 Å². The molecule has 0 unspecified atom stereocenters. The minimum Gasteiger partial charge on any atom is -0.502 e. The number of thioether (sulfide) groups is 1. The van der Waals surface area contributed by atoms with Gasteiger partial charge in [-0.15, -0.1) is 11.8 Å². The summed E-state index contributed by atoms with van der Waals surface area (Å²) in [5.74, 6) is -3.20. The van der Waals surface area contributed by atoms with E-state index in [9.17, 15) is 23.5 Å². The number of aromatic nitrogens is 1. The standard InChI is InChI=1S/C26H21F2N3O4S/c1-14(23-16-4-2-3-5-21(16)36-13-15-10-18(27)19(28)11-17(15)23)31-22-12-35-9-8-29(22)26(34)24-25(33)20(32)6-7-30(24)31/h2-7,10-11,22-23,33H,1,8-9,12-13H2/t22-,23-/m1/s1. The highest BCUT2D eigenvalue weighted by Crippen LogP contribution is 2.45. The Hall–Kier alpha value is -3.63. The Kier molecular flexibility index (Phi) is 5.38. The summed E-state index contributed by atoms with van der Waals surface area (Å²) in [6.07, 6.45) is 0.792. The van der Waals surface area contributed by atoms with Gasteiger partial charge in [0.1, 0.15) is 6.17 Å². The van der Waals surface area contributed by atoms with E-state index in [1.165, 1.54) is 45.7 Å². The minimum atomic E-state index is -0.964. The SMILES string of the molecule is C=C([C@H]1c2cc(F)c(F)cc2CSc2ccccc21)N1[C@@H]2COCCN2C(=O)c2c(O)c(=O)ccn21. The van der Waals surface area contributed by atoms with E-state index in [4.69, 9.17) is 4.74 Å². The summed E-state index contributed by atoms with van der Waals surface area (Å²) < 4.78 is 35.9. The van der Waals surface area contributed by atoms with Crippen molar-refractivity contribution >= 4 is 17.7 Å². The van der Waals surface area contributed by atoms with Crippen LogP contribution in [0.3, 0.4) is 0 Å². The molecule has 0 radical (unpaired) electrons. The quantitative estimate of drug-likeness (QED) is 0.570. The van der Waals surface area contributed by atoms with Gasteiger partial charge < -0.3 is 14.7 Å².